The Bertz CT molecular complexity index is 1170. The lowest BCUT2D eigenvalue weighted by atomic mass is 10.1. The number of carbonyl (C=O) groups excluding carboxylic acids is 1. The molecule has 0 saturated carbocycles. The van der Waals surface area contributed by atoms with Gasteiger partial charge in [-0.15, -0.1) is 0 Å². The number of rotatable bonds is 7. The molecule has 0 aliphatic heterocycles. The Hall–Kier alpha value is -3.51. The molecule has 2 aromatic heterocycles. The highest BCUT2D eigenvalue weighted by Crippen LogP contribution is 2.37. The molecule has 1 amide bonds. The number of nitrogens with zero attached hydrogens (tertiary/aromatic N) is 5. The highest BCUT2D eigenvalue weighted by Gasteiger charge is 2.31. The molecule has 1 aromatic carbocycles. The molecule has 0 fully saturated rings. The van der Waals surface area contributed by atoms with E-state index >= 15 is 0 Å². The number of pyridine rings is 1. The standard InChI is InChI=1S/C23H22F2N5OP/c1-4-16(15-26-5-2)20-14-21(23(24,25)32)30(28-20)19-8-6-17(7-9-19)22(31)29(3)18-10-12-27-13-11-18/h4-15H,2,32H2,1,3H3/b16-4+,26-15?. The Labute approximate surface area is 187 Å². The Morgan fingerprint density at radius 1 is 1.22 bits per heavy atom. The topological polar surface area (TPSA) is 63.4 Å². The molecule has 164 valence electrons. The van der Waals surface area contributed by atoms with Crippen molar-refractivity contribution < 1.29 is 13.6 Å². The van der Waals surface area contributed by atoms with E-state index in [0.29, 0.717) is 28.2 Å². The first kappa shape index (κ1) is 23.2. The van der Waals surface area contributed by atoms with Crippen LogP contribution in [-0.4, -0.2) is 33.9 Å². The lowest BCUT2D eigenvalue weighted by molar-refractivity contribution is 0.0954. The molecular formula is C23H22F2N5OP. The van der Waals surface area contributed by atoms with Crippen LogP contribution in [0.15, 0.2) is 78.7 Å². The van der Waals surface area contributed by atoms with E-state index in [1.54, 1.807) is 68.8 Å². The number of aromatic nitrogens is 3. The number of amides is 1. The summed E-state index contributed by atoms with van der Waals surface area (Å²) in [5, 5.41) is 4.36. The van der Waals surface area contributed by atoms with Crippen molar-refractivity contribution in [1.82, 2.24) is 14.8 Å². The largest absolute Gasteiger partial charge is 0.311 e. The minimum Gasteiger partial charge on any atom is -0.311 e. The number of halogens is 2. The maximum atomic E-state index is 14.3. The molecule has 0 aliphatic rings. The van der Waals surface area contributed by atoms with Gasteiger partial charge in [-0.3, -0.25) is 14.8 Å². The number of allylic oxidation sites excluding steroid dienone is 2. The van der Waals surface area contributed by atoms with Crippen LogP contribution in [0.3, 0.4) is 0 Å². The molecule has 9 heteroatoms. The minimum atomic E-state index is -3.21. The summed E-state index contributed by atoms with van der Waals surface area (Å²) >= 11 is 0. The van der Waals surface area contributed by atoms with Gasteiger partial charge in [-0.1, -0.05) is 21.9 Å². The second-order valence-corrected chi connectivity index (χ2v) is 7.50. The summed E-state index contributed by atoms with van der Waals surface area (Å²) < 4.78 is 29.8. The number of carbonyl (C=O) groups is 1. The smallest absolute Gasteiger partial charge is 0.300 e. The van der Waals surface area contributed by atoms with Gasteiger partial charge in [0.25, 0.3) is 11.6 Å². The van der Waals surface area contributed by atoms with E-state index in [1.165, 1.54) is 32.6 Å². The number of alkyl halides is 2. The van der Waals surface area contributed by atoms with Crippen molar-refractivity contribution in [2.24, 2.45) is 4.99 Å². The molecule has 0 saturated heterocycles. The fourth-order valence-electron chi connectivity index (χ4n) is 3.00. The van der Waals surface area contributed by atoms with Crippen LogP contribution >= 0.6 is 9.24 Å². The van der Waals surface area contributed by atoms with E-state index in [9.17, 15) is 13.6 Å². The first-order chi connectivity index (χ1) is 15.3. The zero-order valence-corrected chi connectivity index (χ0v) is 18.8. The summed E-state index contributed by atoms with van der Waals surface area (Å²) in [6.07, 6.45) is 7.77. The fourth-order valence-corrected chi connectivity index (χ4v) is 3.21. The maximum absolute atomic E-state index is 14.3. The van der Waals surface area contributed by atoms with Crippen LogP contribution in [-0.2, 0) is 5.66 Å². The predicted molar refractivity (Wildman–Crippen MR) is 126 cm³/mol. The van der Waals surface area contributed by atoms with Crippen LogP contribution < -0.4 is 4.90 Å². The van der Waals surface area contributed by atoms with Crippen molar-refractivity contribution >= 4 is 32.6 Å². The first-order valence-corrected chi connectivity index (χ1v) is 10.2. The van der Waals surface area contributed by atoms with Gasteiger partial charge in [-0.05, 0) is 49.4 Å². The van der Waals surface area contributed by atoms with Crippen molar-refractivity contribution in [3.05, 3.63) is 90.7 Å². The van der Waals surface area contributed by atoms with Crippen LogP contribution in [0.4, 0.5) is 14.5 Å². The van der Waals surface area contributed by atoms with Crippen LogP contribution in [0.2, 0.25) is 0 Å². The normalized spacial score (nSPS) is 12.2. The number of hydrogen-bond donors (Lipinski definition) is 0. The van der Waals surface area contributed by atoms with Gasteiger partial charge >= 0.3 is 0 Å². The lowest BCUT2D eigenvalue weighted by Gasteiger charge is -2.17. The van der Waals surface area contributed by atoms with E-state index in [2.05, 4.69) is 21.7 Å². The van der Waals surface area contributed by atoms with E-state index in [-0.39, 0.29) is 11.6 Å². The summed E-state index contributed by atoms with van der Waals surface area (Å²) in [5.74, 6) is -0.239. The summed E-state index contributed by atoms with van der Waals surface area (Å²) in [7, 11) is 3.19. The third-order valence-electron chi connectivity index (χ3n) is 4.69. The van der Waals surface area contributed by atoms with Gasteiger partial charge in [0, 0.05) is 48.7 Å². The van der Waals surface area contributed by atoms with E-state index in [4.69, 9.17) is 0 Å². The van der Waals surface area contributed by atoms with Crippen molar-refractivity contribution in [3.63, 3.8) is 0 Å². The third kappa shape index (κ3) is 5.03. The number of aliphatic imine (C=N–C) groups is 1. The van der Waals surface area contributed by atoms with Crippen molar-refractivity contribution in [1.29, 1.82) is 0 Å². The molecule has 0 N–H and O–H groups in total. The predicted octanol–water partition coefficient (Wildman–Crippen LogP) is 5.09. The van der Waals surface area contributed by atoms with Gasteiger partial charge < -0.3 is 4.90 Å². The van der Waals surface area contributed by atoms with Gasteiger partial charge in [0.05, 0.1) is 11.4 Å². The maximum Gasteiger partial charge on any atom is 0.300 e. The monoisotopic (exact) mass is 453 g/mol. The molecule has 1 atom stereocenters. The van der Waals surface area contributed by atoms with Gasteiger partial charge in [0.2, 0.25) is 0 Å². The van der Waals surface area contributed by atoms with Crippen molar-refractivity contribution in [2.75, 3.05) is 11.9 Å². The molecule has 1 unspecified atom stereocenters. The van der Waals surface area contributed by atoms with Crippen LogP contribution in [0.25, 0.3) is 11.3 Å². The second kappa shape index (κ2) is 9.75. The summed E-state index contributed by atoms with van der Waals surface area (Å²) in [6, 6.07) is 11.1. The van der Waals surface area contributed by atoms with E-state index < -0.39 is 5.66 Å². The van der Waals surface area contributed by atoms with Crippen molar-refractivity contribution in [2.45, 2.75) is 12.6 Å². The molecule has 3 aromatic rings. The summed E-state index contributed by atoms with van der Waals surface area (Å²) in [4.78, 5) is 22.2. The molecule has 0 spiro atoms. The molecule has 0 aliphatic carbocycles. The molecule has 0 radical (unpaired) electrons. The quantitative estimate of drug-likeness (QED) is 0.370. The van der Waals surface area contributed by atoms with Gasteiger partial charge in [0.15, 0.2) is 0 Å². The Morgan fingerprint density at radius 2 is 1.88 bits per heavy atom. The third-order valence-corrected chi connectivity index (χ3v) is 4.99. The molecule has 32 heavy (non-hydrogen) atoms. The average Bonchev–Trinajstić information content (AvgIpc) is 3.25. The average molecular weight is 453 g/mol. The summed E-state index contributed by atoms with van der Waals surface area (Å²) in [5.41, 5.74) is -1.11. The second-order valence-electron chi connectivity index (χ2n) is 6.77. The van der Waals surface area contributed by atoms with E-state index in [1.807, 2.05) is 0 Å². The Kier molecular flexibility index (Phi) is 7.05. The SMILES string of the molecule is C=CN=C/C(=C\C)c1cc(C(F)(F)P)n(-c2ccc(C(=O)N(C)c3ccncc3)cc2)n1. The number of benzene rings is 1. The first-order valence-electron chi connectivity index (χ1n) is 9.62. The van der Waals surface area contributed by atoms with Crippen LogP contribution in [0, 0.1) is 0 Å². The number of anilines is 1. The zero-order chi connectivity index (χ0) is 23.3. The molecule has 6 nitrogen and oxygen atoms in total. The fraction of sp³-hybridized carbons (Fsp3) is 0.130. The molecular weight excluding hydrogens is 431 g/mol. The lowest BCUT2D eigenvalue weighted by Crippen LogP contribution is -2.26. The Morgan fingerprint density at radius 3 is 2.44 bits per heavy atom. The van der Waals surface area contributed by atoms with Gasteiger partial charge in [0.1, 0.15) is 5.69 Å². The summed E-state index contributed by atoms with van der Waals surface area (Å²) in [6.45, 7) is 5.28. The van der Waals surface area contributed by atoms with Gasteiger partial charge in [-0.25, -0.2) is 4.68 Å². The van der Waals surface area contributed by atoms with Crippen molar-refractivity contribution in [3.8, 4) is 5.69 Å². The minimum absolute atomic E-state index is 0.239. The molecule has 3 rings (SSSR count). The van der Waals surface area contributed by atoms with Crippen LogP contribution in [0.5, 0.6) is 0 Å². The molecule has 2 heterocycles. The highest BCUT2D eigenvalue weighted by molar-refractivity contribution is 7.17. The van der Waals surface area contributed by atoms with Gasteiger partial charge in [-0.2, -0.15) is 13.9 Å². The molecule has 0 bridgehead atoms. The Balaban J connectivity index is 1.96. The van der Waals surface area contributed by atoms with Crippen LogP contribution in [0.1, 0.15) is 28.7 Å². The van der Waals surface area contributed by atoms with E-state index in [0.717, 1.165) is 4.68 Å². The highest BCUT2D eigenvalue weighted by atomic mass is 31.0. The number of hydrogen-bond acceptors (Lipinski definition) is 4. The zero-order valence-electron chi connectivity index (χ0n) is 17.6.